The number of hydrogen-bond donors (Lipinski definition) is 2. The van der Waals surface area contributed by atoms with Crippen molar-refractivity contribution in [1.82, 2.24) is 0 Å². The van der Waals surface area contributed by atoms with E-state index in [9.17, 15) is 34.4 Å². The molecule has 0 aliphatic carbocycles. The Morgan fingerprint density at radius 2 is 0.818 bits per heavy atom. The zero-order valence-corrected chi connectivity index (χ0v) is 41.9. The predicted octanol–water partition coefficient (Wildman–Crippen LogP) is 15.0. The van der Waals surface area contributed by atoms with Gasteiger partial charge in [-0.25, -0.2) is 46.5 Å². The molecule has 6 nitrogen and oxygen atoms in total. The third-order valence-electron chi connectivity index (χ3n) is 11.1. The van der Waals surface area contributed by atoms with E-state index in [2.05, 4.69) is 47.6 Å². The zero-order valence-electron chi connectivity index (χ0n) is 38.7. The third kappa shape index (κ3) is 25.3. The number of unbranched alkanes of at least 4 members (excludes halogenated alkanes) is 10. The average molecular weight is 986 g/mol. The van der Waals surface area contributed by atoms with Crippen LogP contribution in [-0.2, 0) is 41.8 Å². The van der Waals surface area contributed by atoms with Crippen LogP contribution in [0.3, 0.4) is 0 Å². The van der Waals surface area contributed by atoms with Crippen LogP contribution in [0, 0.1) is 35.4 Å². The second-order valence-electron chi connectivity index (χ2n) is 16.5. The van der Waals surface area contributed by atoms with E-state index in [1.807, 2.05) is 78.9 Å². The van der Waals surface area contributed by atoms with Crippen LogP contribution in [0.5, 0.6) is 0 Å². The van der Waals surface area contributed by atoms with Crippen LogP contribution >= 0.6 is 0 Å². The standard InChI is InChI=1S/2C24H32F2NO2S.C5H5.Ti/c2*1-2-3-4-5-6-8-12-21(20-13-9-7-10-14-20)15-11-18-30(28,29)27-24-17-16-22(25)19-23(24)26;1-2-4-5-3-1;/h2*7,9-10,13-14,16-17,21,27H,2-6,8,11-12,15,18H2,1H3;1-5H;/q3*-1;+3. The van der Waals surface area contributed by atoms with E-state index < -0.39 is 43.3 Å². The minimum absolute atomic E-state index is 0. The summed E-state index contributed by atoms with van der Waals surface area (Å²) in [7, 11) is -7.43. The molecule has 0 aliphatic rings. The molecule has 0 fully saturated rings. The van der Waals surface area contributed by atoms with E-state index in [4.69, 9.17) is 0 Å². The number of hydrogen-bond acceptors (Lipinski definition) is 4. The fourth-order valence-corrected chi connectivity index (χ4v) is 9.87. The minimum atomic E-state index is -3.72. The van der Waals surface area contributed by atoms with Crippen molar-refractivity contribution in [3.05, 3.63) is 162 Å². The number of halogens is 4. The van der Waals surface area contributed by atoms with Crippen LogP contribution in [-0.4, -0.2) is 28.3 Å². The summed E-state index contributed by atoms with van der Waals surface area (Å²) in [4.78, 5) is 0. The molecule has 0 amide bonds. The van der Waals surface area contributed by atoms with Gasteiger partial charge in [0, 0.05) is 23.3 Å². The van der Waals surface area contributed by atoms with Gasteiger partial charge in [-0.05, 0) is 72.9 Å². The maximum absolute atomic E-state index is 13.7. The Balaban J connectivity index is 0.000000403. The number of anilines is 2. The van der Waals surface area contributed by atoms with Gasteiger partial charge in [0.05, 0.1) is 11.5 Å². The van der Waals surface area contributed by atoms with Crippen molar-refractivity contribution >= 4 is 31.4 Å². The summed E-state index contributed by atoms with van der Waals surface area (Å²) >= 11 is 0. The van der Waals surface area contributed by atoms with Crippen LogP contribution in [0.4, 0.5) is 28.9 Å². The van der Waals surface area contributed by atoms with E-state index in [1.165, 1.54) is 75.3 Å². The summed E-state index contributed by atoms with van der Waals surface area (Å²) in [6, 6.07) is 38.2. The minimum Gasteiger partial charge on any atom is -0.334 e. The van der Waals surface area contributed by atoms with Gasteiger partial charge in [0.25, 0.3) is 0 Å². The largest absolute Gasteiger partial charge is 3.00 e. The average Bonchev–Trinajstić information content (AvgIpc) is 3.88. The molecule has 0 spiro atoms. The van der Waals surface area contributed by atoms with Crippen LogP contribution in [0.25, 0.3) is 0 Å². The molecule has 66 heavy (non-hydrogen) atoms. The Bertz CT molecular complexity index is 2050. The van der Waals surface area contributed by atoms with Crippen molar-refractivity contribution in [1.29, 1.82) is 0 Å². The summed E-state index contributed by atoms with van der Waals surface area (Å²) in [5, 5.41) is 0. The molecular formula is C53H69F4N2O4S2Ti. The number of benzene rings is 4. The van der Waals surface area contributed by atoms with Gasteiger partial charge in [-0.1, -0.05) is 152 Å². The van der Waals surface area contributed by atoms with Gasteiger partial charge in [0.15, 0.2) is 0 Å². The molecule has 359 valence electrons. The first-order valence-electron chi connectivity index (χ1n) is 23.3. The molecule has 1 radical (unpaired) electrons. The number of nitrogens with one attached hydrogen (secondary N) is 2. The topological polar surface area (TPSA) is 92.3 Å². The number of sulfonamides is 2. The predicted molar refractivity (Wildman–Crippen MR) is 260 cm³/mol. The monoisotopic (exact) mass is 985 g/mol. The summed E-state index contributed by atoms with van der Waals surface area (Å²) < 4.78 is 107. The molecule has 0 saturated heterocycles. The van der Waals surface area contributed by atoms with Crippen molar-refractivity contribution in [2.45, 2.75) is 141 Å². The van der Waals surface area contributed by atoms with Gasteiger partial charge in [-0.2, -0.15) is 18.2 Å². The fourth-order valence-electron chi connectivity index (χ4n) is 7.59. The first-order valence-corrected chi connectivity index (χ1v) is 26.6. The Morgan fingerprint density at radius 3 is 1.15 bits per heavy atom. The van der Waals surface area contributed by atoms with E-state index in [0.29, 0.717) is 24.7 Å². The van der Waals surface area contributed by atoms with Crippen molar-refractivity contribution < 1.29 is 56.1 Å². The first-order chi connectivity index (χ1) is 31.3. The summed E-state index contributed by atoms with van der Waals surface area (Å²) in [6.07, 6.45) is 19.2. The molecule has 0 bridgehead atoms. The molecule has 13 heteroatoms. The van der Waals surface area contributed by atoms with E-state index in [1.54, 1.807) is 0 Å². The van der Waals surface area contributed by atoms with Gasteiger partial charge in [-0.3, -0.25) is 0 Å². The molecule has 0 saturated carbocycles. The number of rotatable bonds is 28. The van der Waals surface area contributed by atoms with E-state index in [0.717, 1.165) is 62.8 Å². The van der Waals surface area contributed by atoms with Crippen LogP contribution in [0.15, 0.2) is 115 Å². The Kier molecular flexibility index (Phi) is 29.7. The quantitative estimate of drug-likeness (QED) is 0.0226. The second-order valence-corrected chi connectivity index (χ2v) is 20.2. The maximum Gasteiger partial charge on any atom is 3.00 e. The molecule has 5 rings (SSSR count). The van der Waals surface area contributed by atoms with E-state index >= 15 is 0 Å². The molecular weight excluding hydrogens is 917 g/mol. The molecule has 2 unspecified atom stereocenters. The van der Waals surface area contributed by atoms with Crippen molar-refractivity contribution in [2.24, 2.45) is 0 Å². The van der Waals surface area contributed by atoms with Crippen molar-refractivity contribution in [2.75, 3.05) is 20.9 Å². The van der Waals surface area contributed by atoms with Gasteiger partial charge in [-0.15, -0.1) is 36.4 Å². The van der Waals surface area contributed by atoms with Crippen molar-refractivity contribution in [3.8, 4) is 0 Å². The summed E-state index contributed by atoms with van der Waals surface area (Å²) in [6.45, 7) is 4.41. The van der Waals surface area contributed by atoms with Gasteiger partial charge < -0.3 is 9.44 Å². The molecule has 5 aromatic carbocycles. The maximum atomic E-state index is 13.7. The van der Waals surface area contributed by atoms with Crippen LogP contribution in [0.1, 0.15) is 152 Å². The smallest absolute Gasteiger partial charge is 0.334 e. The summed E-state index contributed by atoms with van der Waals surface area (Å²) in [5.41, 5.74) is 1.91. The SMILES string of the molecule is CCCCCCCCC(CCCS(=O)(=O)Nc1ccc(F)[c-]c1F)c1ccccc1.CCCCCCCCC(CCCS(=O)(=O)Nc1ccc(F)[c-]c1F)c1ccccc1.[Ti+3].c1cc[cH-]c1. The van der Waals surface area contributed by atoms with Gasteiger partial charge >= 0.3 is 21.7 Å². The first kappa shape index (κ1) is 58.3. The Hall–Kier alpha value is -3.84. The Morgan fingerprint density at radius 1 is 0.470 bits per heavy atom. The van der Waals surface area contributed by atoms with Crippen molar-refractivity contribution in [3.63, 3.8) is 0 Å². The fraction of sp³-hybridized carbons (Fsp3) is 0.453. The van der Waals surface area contributed by atoms with Gasteiger partial charge in [0.2, 0.25) is 20.0 Å². The normalized spacial score (nSPS) is 12.1. The Labute approximate surface area is 409 Å². The van der Waals surface area contributed by atoms with E-state index in [-0.39, 0.29) is 44.6 Å². The molecule has 2 N–H and O–H groups in total. The zero-order chi connectivity index (χ0) is 47.2. The van der Waals surface area contributed by atoms with Crippen LogP contribution in [0.2, 0.25) is 0 Å². The molecule has 0 heterocycles. The second kappa shape index (κ2) is 33.6. The molecule has 5 aromatic rings. The van der Waals surface area contributed by atoms with Gasteiger partial charge in [0.1, 0.15) is 0 Å². The molecule has 2 atom stereocenters. The molecule has 0 aliphatic heterocycles. The third-order valence-corrected chi connectivity index (χ3v) is 13.8. The molecule has 0 aromatic heterocycles. The summed E-state index contributed by atoms with van der Waals surface area (Å²) in [5.74, 6) is -3.40. The van der Waals surface area contributed by atoms with Crippen LogP contribution < -0.4 is 9.44 Å².